The van der Waals surface area contributed by atoms with Gasteiger partial charge >= 0.3 is 0 Å². The van der Waals surface area contributed by atoms with Gasteiger partial charge in [0.2, 0.25) is 3.79 Å². The molecule has 0 heterocycles. The SMILES string of the molecule is ClC(Cl)C(Cl)(Cl)Cl. The Morgan fingerprint density at radius 1 is 1.00 bits per heavy atom. The molecule has 0 aromatic carbocycles. The first-order valence-electron chi connectivity index (χ1n) is 1.29. The van der Waals surface area contributed by atoms with Gasteiger partial charge in [0.1, 0.15) is 0 Å². The maximum atomic E-state index is 5.14. The van der Waals surface area contributed by atoms with Crippen molar-refractivity contribution in [1.82, 2.24) is 0 Å². The summed E-state index contributed by atoms with van der Waals surface area (Å²) >= 11 is 25.7. The smallest absolute Gasteiger partial charge is 0.101 e. The maximum absolute atomic E-state index is 5.14. The van der Waals surface area contributed by atoms with Crippen LogP contribution >= 0.6 is 58.0 Å². The highest BCUT2D eigenvalue weighted by Crippen LogP contribution is 2.35. The van der Waals surface area contributed by atoms with Gasteiger partial charge in [-0.2, -0.15) is 0 Å². The molecule has 5 heteroatoms. The molecule has 0 aliphatic carbocycles. The lowest BCUT2D eigenvalue weighted by Gasteiger charge is -2.09. The van der Waals surface area contributed by atoms with Gasteiger partial charge in [-0.25, -0.2) is 0 Å². The molecule has 0 saturated carbocycles. The third-order valence-corrected chi connectivity index (χ3v) is 2.23. The summed E-state index contributed by atoms with van der Waals surface area (Å²) in [6.45, 7) is 0. The molecule has 0 aromatic rings. The zero-order chi connectivity index (χ0) is 6.08. The number of rotatable bonds is 0. The van der Waals surface area contributed by atoms with Gasteiger partial charge in [0.25, 0.3) is 0 Å². The minimum Gasteiger partial charge on any atom is -0.101 e. The first kappa shape index (κ1) is 8.45. The van der Waals surface area contributed by atoms with E-state index < -0.39 is 8.63 Å². The van der Waals surface area contributed by atoms with Gasteiger partial charge in [0.15, 0.2) is 4.84 Å². The van der Waals surface area contributed by atoms with Crippen LogP contribution in [0.2, 0.25) is 0 Å². The van der Waals surface area contributed by atoms with E-state index in [-0.39, 0.29) is 0 Å². The average Bonchev–Trinajstić information content (AvgIpc) is 1.31. The van der Waals surface area contributed by atoms with Crippen molar-refractivity contribution in [3.05, 3.63) is 0 Å². The summed E-state index contributed by atoms with van der Waals surface area (Å²) in [6, 6.07) is 0. The summed E-state index contributed by atoms with van der Waals surface area (Å²) in [5.41, 5.74) is 0. The Morgan fingerprint density at radius 3 is 1.14 bits per heavy atom. The minimum atomic E-state index is -1.55. The standard InChI is InChI=1S/C2HCl5/c3-1(4)2(5,6)7/h1H. The van der Waals surface area contributed by atoms with Crippen molar-refractivity contribution >= 4 is 58.0 Å². The molecule has 0 bridgehead atoms. The fraction of sp³-hybridized carbons (Fsp3) is 1.00. The fourth-order valence-electron chi connectivity index (χ4n) is 0. The Labute approximate surface area is 66.6 Å². The van der Waals surface area contributed by atoms with E-state index in [0.717, 1.165) is 0 Å². The van der Waals surface area contributed by atoms with Gasteiger partial charge in [0, 0.05) is 0 Å². The van der Waals surface area contributed by atoms with Crippen molar-refractivity contribution < 1.29 is 0 Å². The summed E-state index contributed by atoms with van der Waals surface area (Å²) < 4.78 is -1.55. The fourth-order valence-corrected chi connectivity index (χ4v) is 0. The normalized spacial score (nSPS) is 12.9. The first-order chi connectivity index (χ1) is 2.94. The largest absolute Gasteiger partial charge is 0.220 e. The minimum absolute atomic E-state index is 0.961. The molecule has 0 N–H and O–H groups in total. The monoisotopic (exact) mass is 200 g/mol. The van der Waals surface area contributed by atoms with Crippen LogP contribution in [0.1, 0.15) is 0 Å². The maximum Gasteiger partial charge on any atom is 0.220 e. The van der Waals surface area contributed by atoms with Gasteiger partial charge in [-0.05, 0) is 0 Å². The highest BCUT2D eigenvalue weighted by Gasteiger charge is 2.28. The van der Waals surface area contributed by atoms with E-state index in [2.05, 4.69) is 0 Å². The lowest BCUT2D eigenvalue weighted by Crippen LogP contribution is -2.11. The molecule has 0 rings (SSSR count). The Kier molecular flexibility index (Phi) is 3.43. The average molecular weight is 202 g/mol. The lowest BCUT2D eigenvalue weighted by atomic mass is 10.9. The zero-order valence-corrected chi connectivity index (χ0v) is 6.75. The lowest BCUT2D eigenvalue weighted by molar-refractivity contribution is 1.19. The summed E-state index contributed by atoms with van der Waals surface area (Å²) in [6.07, 6.45) is 0. The first-order valence-corrected chi connectivity index (χ1v) is 3.30. The third kappa shape index (κ3) is 3.99. The molecule has 0 aliphatic heterocycles. The number of halogens is 5. The van der Waals surface area contributed by atoms with Crippen LogP contribution in [0.4, 0.5) is 0 Å². The van der Waals surface area contributed by atoms with Crippen LogP contribution in [0.25, 0.3) is 0 Å². The van der Waals surface area contributed by atoms with E-state index in [0.29, 0.717) is 0 Å². The molecule has 0 radical (unpaired) electrons. The summed E-state index contributed by atoms with van der Waals surface area (Å²) in [5.74, 6) is 0. The number of hydrogen-bond donors (Lipinski definition) is 0. The van der Waals surface area contributed by atoms with Crippen LogP contribution in [0.3, 0.4) is 0 Å². The molecule has 0 aliphatic rings. The molecule has 7 heavy (non-hydrogen) atoms. The van der Waals surface area contributed by atoms with E-state index >= 15 is 0 Å². The molecule has 0 amide bonds. The van der Waals surface area contributed by atoms with Crippen molar-refractivity contribution in [1.29, 1.82) is 0 Å². The summed E-state index contributed by atoms with van der Waals surface area (Å²) in [5, 5.41) is 0. The third-order valence-electron chi connectivity index (χ3n) is 0.247. The van der Waals surface area contributed by atoms with Crippen molar-refractivity contribution in [2.45, 2.75) is 8.63 Å². The van der Waals surface area contributed by atoms with Crippen molar-refractivity contribution in [3.8, 4) is 0 Å². The molecule has 0 atom stereocenters. The van der Waals surface area contributed by atoms with E-state index in [1.54, 1.807) is 0 Å². The summed E-state index contributed by atoms with van der Waals surface area (Å²) in [7, 11) is 0. The second-order valence-electron chi connectivity index (χ2n) is 0.842. The van der Waals surface area contributed by atoms with Crippen LogP contribution in [-0.2, 0) is 0 Å². The van der Waals surface area contributed by atoms with Crippen molar-refractivity contribution in [3.63, 3.8) is 0 Å². The molecular weight excluding hydrogens is 201 g/mol. The number of hydrogen-bond acceptors (Lipinski definition) is 0. The van der Waals surface area contributed by atoms with Crippen molar-refractivity contribution in [2.75, 3.05) is 0 Å². The van der Waals surface area contributed by atoms with Crippen molar-refractivity contribution in [2.24, 2.45) is 0 Å². The van der Waals surface area contributed by atoms with Gasteiger partial charge in [0.05, 0.1) is 0 Å². The second kappa shape index (κ2) is 2.84. The molecular formula is C2HCl5. The molecule has 0 spiro atoms. The highest BCUT2D eigenvalue weighted by molar-refractivity contribution is 6.73. The molecule has 0 aromatic heterocycles. The van der Waals surface area contributed by atoms with E-state index in [9.17, 15) is 0 Å². The Hall–Kier alpha value is 1.45. The topological polar surface area (TPSA) is 0 Å². The predicted octanol–water partition coefficient (Wildman–Crippen LogP) is 3.16. The Bertz CT molecular complexity index is 51.6. The predicted molar refractivity (Wildman–Crippen MR) is 35.8 cm³/mol. The van der Waals surface area contributed by atoms with Gasteiger partial charge < -0.3 is 0 Å². The van der Waals surface area contributed by atoms with Crippen LogP contribution in [0, 0.1) is 0 Å². The molecule has 0 saturated heterocycles. The summed E-state index contributed by atoms with van der Waals surface area (Å²) in [4.78, 5) is -0.961. The van der Waals surface area contributed by atoms with Gasteiger partial charge in [-0.3, -0.25) is 0 Å². The van der Waals surface area contributed by atoms with E-state index in [1.807, 2.05) is 0 Å². The Balaban J connectivity index is 3.54. The van der Waals surface area contributed by atoms with Crippen LogP contribution in [0.15, 0.2) is 0 Å². The van der Waals surface area contributed by atoms with Gasteiger partial charge in [-0.1, -0.05) is 34.8 Å². The van der Waals surface area contributed by atoms with Gasteiger partial charge in [-0.15, -0.1) is 23.2 Å². The molecule has 0 nitrogen and oxygen atoms in total. The molecule has 0 unspecified atom stereocenters. The number of alkyl halides is 5. The van der Waals surface area contributed by atoms with E-state index in [1.165, 1.54) is 0 Å². The quantitative estimate of drug-likeness (QED) is 0.529. The zero-order valence-electron chi connectivity index (χ0n) is 2.97. The van der Waals surface area contributed by atoms with E-state index in [4.69, 9.17) is 58.0 Å². The van der Waals surface area contributed by atoms with Crippen LogP contribution in [0.5, 0.6) is 0 Å². The van der Waals surface area contributed by atoms with Crippen LogP contribution < -0.4 is 0 Å². The second-order valence-corrected chi connectivity index (χ2v) is 4.31. The highest BCUT2D eigenvalue weighted by atomic mass is 35.6. The van der Waals surface area contributed by atoms with Crippen LogP contribution in [-0.4, -0.2) is 8.63 Å². The molecule has 44 valence electrons. The Morgan fingerprint density at radius 2 is 1.14 bits per heavy atom. The molecule has 0 fully saturated rings.